The average molecular weight is 442 g/mol. The molecule has 2 aromatic rings. The lowest BCUT2D eigenvalue weighted by Gasteiger charge is -2.47. The maximum atomic E-state index is 13.7. The summed E-state index contributed by atoms with van der Waals surface area (Å²) < 4.78 is 0. The predicted octanol–water partition coefficient (Wildman–Crippen LogP) is 4.75. The SMILES string of the molecule is CCC(c1cccc(Cl)c1)C(CNC)C(=O)N1CCC(c2ccccc2)(N(C)C)CC1. The molecule has 1 aliphatic rings. The minimum absolute atomic E-state index is 0.0202. The Hall–Kier alpha value is -1.88. The molecule has 0 aromatic heterocycles. The van der Waals surface area contributed by atoms with Crippen LogP contribution < -0.4 is 5.32 Å². The molecular weight excluding hydrogens is 406 g/mol. The standard InChI is InChI=1S/C26H36ClN3O/c1-5-23(20-10-9-13-22(27)18-20)24(19-28-2)25(31)30-16-14-26(15-17-30,29(3)4)21-11-7-6-8-12-21/h6-13,18,23-24,28H,5,14-17,19H2,1-4H3. The number of carbonyl (C=O) groups is 1. The number of piperidine rings is 1. The predicted molar refractivity (Wildman–Crippen MR) is 130 cm³/mol. The van der Waals surface area contributed by atoms with Crippen LogP contribution in [-0.4, -0.2) is 56.5 Å². The topological polar surface area (TPSA) is 35.6 Å². The summed E-state index contributed by atoms with van der Waals surface area (Å²) >= 11 is 6.26. The van der Waals surface area contributed by atoms with E-state index in [4.69, 9.17) is 11.6 Å². The van der Waals surface area contributed by atoms with Gasteiger partial charge in [-0.25, -0.2) is 0 Å². The molecule has 5 heteroatoms. The van der Waals surface area contributed by atoms with Gasteiger partial charge in [0.1, 0.15) is 0 Å². The van der Waals surface area contributed by atoms with E-state index in [1.807, 2.05) is 25.2 Å². The molecule has 0 saturated carbocycles. The summed E-state index contributed by atoms with van der Waals surface area (Å²) in [6, 6.07) is 18.7. The molecule has 1 saturated heterocycles. The van der Waals surface area contributed by atoms with Crippen LogP contribution in [0.1, 0.15) is 43.2 Å². The van der Waals surface area contributed by atoms with Crippen LogP contribution in [0.15, 0.2) is 54.6 Å². The number of nitrogens with zero attached hydrogens (tertiary/aromatic N) is 2. The lowest BCUT2D eigenvalue weighted by molar-refractivity contribution is -0.139. The van der Waals surface area contributed by atoms with Gasteiger partial charge >= 0.3 is 0 Å². The number of likely N-dealkylation sites (tertiary alicyclic amines) is 1. The van der Waals surface area contributed by atoms with Crippen molar-refractivity contribution in [2.24, 2.45) is 5.92 Å². The number of halogens is 1. The van der Waals surface area contributed by atoms with Gasteiger partial charge in [-0.1, -0.05) is 61.0 Å². The maximum Gasteiger partial charge on any atom is 0.227 e. The van der Waals surface area contributed by atoms with Gasteiger partial charge in [0.2, 0.25) is 5.91 Å². The van der Waals surface area contributed by atoms with Crippen molar-refractivity contribution >= 4 is 17.5 Å². The fraction of sp³-hybridized carbons (Fsp3) is 0.500. The summed E-state index contributed by atoms with van der Waals surface area (Å²) in [6.07, 6.45) is 2.78. The van der Waals surface area contributed by atoms with Gasteiger partial charge in [0, 0.05) is 30.2 Å². The summed E-state index contributed by atoms with van der Waals surface area (Å²) in [5, 5.41) is 3.98. The minimum Gasteiger partial charge on any atom is -0.342 e. The van der Waals surface area contributed by atoms with Crippen molar-refractivity contribution in [3.05, 3.63) is 70.7 Å². The van der Waals surface area contributed by atoms with Gasteiger partial charge < -0.3 is 10.2 Å². The van der Waals surface area contributed by atoms with Crippen LogP contribution >= 0.6 is 11.6 Å². The molecule has 2 unspecified atom stereocenters. The quantitative estimate of drug-likeness (QED) is 0.642. The van der Waals surface area contributed by atoms with Crippen molar-refractivity contribution in [1.29, 1.82) is 0 Å². The molecule has 1 heterocycles. The molecule has 2 aromatic carbocycles. The Morgan fingerprint density at radius 1 is 1.13 bits per heavy atom. The third-order valence-corrected chi connectivity index (χ3v) is 7.25. The van der Waals surface area contributed by atoms with Gasteiger partial charge in [-0.2, -0.15) is 0 Å². The largest absolute Gasteiger partial charge is 0.342 e. The van der Waals surface area contributed by atoms with Gasteiger partial charge in [-0.15, -0.1) is 0 Å². The van der Waals surface area contributed by atoms with Crippen molar-refractivity contribution < 1.29 is 4.79 Å². The number of hydrogen-bond donors (Lipinski definition) is 1. The zero-order chi connectivity index (χ0) is 22.4. The highest BCUT2D eigenvalue weighted by Gasteiger charge is 2.41. The minimum atomic E-state index is -0.1000. The van der Waals surface area contributed by atoms with Crippen LogP contribution in [0.3, 0.4) is 0 Å². The van der Waals surface area contributed by atoms with Crippen LogP contribution in [0.4, 0.5) is 0 Å². The second-order valence-electron chi connectivity index (χ2n) is 8.85. The van der Waals surface area contributed by atoms with Crippen molar-refractivity contribution in [3.8, 4) is 0 Å². The smallest absolute Gasteiger partial charge is 0.227 e. The van der Waals surface area contributed by atoms with Gasteiger partial charge in [0.15, 0.2) is 0 Å². The van der Waals surface area contributed by atoms with Crippen LogP contribution in [0.2, 0.25) is 5.02 Å². The van der Waals surface area contributed by atoms with E-state index in [9.17, 15) is 4.79 Å². The number of carbonyl (C=O) groups excluding carboxylic acids is 1. The number of hydrogen-bond acceptors (Lipinski definition) is 3. The number of amides is 1. The van der Waals surface area contributed by atoms with E-state index in [1.54, 1.807) is 0 Å². The van der Waals surface area contributed by atoms with Crippen molar-refractivity contribution in [2.45, 2.75) is 37.6 Å². The molecule has 0 aliphatic carbocycles. The van der Waals surface area contributed by atoms with E-state index in [2.05, 4.69) is 72.5 Å². The molecule has 1 amide bonds. The molecule has 168 valence electrons. The summed E-state index contributed by atoms with van der Waals surface area (Å²) in [4.78, 5) is 18.1. The van der Waals surface area contributed by atoms with Gasteiger partial charge in [-0.05, 0) is 69.6 Å². The van der Waals surface area contributed by atoms with Crippen LogP contribution in [-0.2, 0) is 10.3 Å². The van der Waals surface area contributed by atoms with Crippen molar-refractivity contribution in [3.63, 3.8) is 0 Å². The Kier molecular flexibility index (Phi) is 8.15. The van der Waals surface area contributed by atoms with E-state index in [0.29, 0.717) is 6.54 Å². The van der Waals surface area contributed by atoms with Crippen LogP contribution in [0.5, 0.6) is 0 Å². The third-order valence-electron chi connectivity index (χ3n) is 7.01. The second kappa shape index (κ2) is 10.6. The van der Waals surface area contributed by atoms with Crippen molar-refractivity contribution in [1.82, 2.24) is 15.1 Å². The van der Waals surface area contributed by atoms with Gasteiger partial charge in [0.25, 0.3) is 0 Å². The molecule has 0 radical (unpaired) electrons. The molecule has 4 nitrogen and oxygen atoms in total. The van der Waals surface area contributed by atoms with Crippen molar-refractivity contribution in [2.75, 3.05) is 40.8 Å². The number of rotatable bonds is 8. The third kappa shape index (κ3) is 5.14. The maximum absolute atomic E-state index is 13.7. The Morgan fingerprint density at radius 3 is 2.35 bits per heavy atom. The second-order valence-corrected chi connectivity index (χ2v) is 9.29. The van der Waals surface area contributed by atoms with E-state index in [0.717, 1.165) is 42.9 Å². The Morgan fingerprint density at radius 2 is 1.81 bits per heavy atom. The fourth-order valence-electron chi connectivity index (χ4n) is 5.19. The fourth-order valence-corrected chi connectivity index (χ4v) is 5.38. The van der Waals surface area contributed by atoms with E-state index in [1.165, 1.54) is 5.56 Å². The highest BCUT2D eigenvalue weighted by molar-refractivity contribution is 6.30. The van der Waals surface area contributed by atoms with E-state index >= 15 is 0 Å². The summed E-state index contributed by atoms with van der Waals surface area (Å²) in [6.45, 7) is 4.37. The van der Waals surface area contributed by atoms with E-state index < -0.39 is 0 Å². The zero-order valence-corrected chi connectivity index (χ0v) is 20.0. The summed E-state index contributed by atoms with van der Waals surface area (Å²) in [5.74, 6) is 0.298. The van der Waals surface area contributed by atoms with Crippen LogP contribution in [0, 0.1) is 5.92 Å². The molecule has 0 spiro atoms. The van der Waals surface area contributed by atoms with Gasteiger partial charge in [-0.3, -0.25) is 9.69 Å². The van der Waals surface area contributed by atoms with Gasteiger partial charge in [0.05, 0.1) is 5.92 Å². The molecule has 2 atom stereocenters. The molecule has 0 bridgehead atoms. The molecule has 1 aliphatic heterocycles. The van der Waals surface area contributed by atoms with Crippen LogP contribution in [0.25, 0.3) is 0 Å². The molecule has 1 fully saturated rings. The Balaban J connectivity index is 1.79. The molecule has 3 rings (SSSR count). The normalized spacial score (nSPS) is 18.1. The first kappa shape index (κ1) is 23.8. The number of benzene rings is 2. The molecule has 1 N–H and O–H groups in total. The average Bonchev–Trinajstić information content (AvgIpc) is 2.79. The Labute approximate surface area is 192 Å². The summed E-state index contributed by atoms with van der Waals surface area (Å²) in [7, 11) is 6.23. The lowest BCUT2D eigenvalue weighted by Crippen LogP contribution is -2.53. The van der Waals surface area contributed by atoms with E-state index in [-0.39, 0.29) is 23.3 Å². The first-order valence-electron chi connectivity index (χ1n) is 11.3. The molecular formula is C26H36ClN3O. The summed E-state index contributed by atoms with van der Waals surface area (Å²) in [5.41, 5.74) is 2.46. The monoisotopic (exact) mass is 441 g/mol. The first-order chi connectivity index (χ1) is 14.9. The lowest BCUT2D eigenvalue weighted by atomic mass is 9.78. The highest BCUT2D eigenvalue weighted by atomic mass is 35.5. The first-order valence-corrected chi connectivity index (χ1v) is 11.7. The number of nitrogens with one attached hydrogen (secondary N) is 1. The molecule has 31 heavy (non-hydrogen) atoms. The highest BCUT2D eigenvalue weighted by Crippen LogP contribution is 2.38. The zero-order valence-electron chi connectivity index (χ0n) is 19.3. The Bertz CT molecular complexity index is 847.